The van der Waals surface area contributed by atoms with Crippen molar-refractivity contribution in [3.8, 4) is 11.3 Å². The number of oxazole rings is 1. The van der Waals surface area contributed by atoms with Crippen LogP contribution in [0.1, 0.15) is 13.3 Å². The van der Waals surface area contributed by atoms with Gasteiger partial charge in [0.2, 0.25) is 5.91 Å². The lowest BCUT2D eigenvalue weighted by molar-refractivity contribution is -0.117. The van der Waals surface area contributed by atoms with Crippen LogP contribution in [-0.4, -0.2) is 28.3 Å². The van der Waals surface area contributed by atoms with E-state index < -0.39 is 0 Å². The number of nitrogens with zero attached hydrogens (tertiary/aromatic N) is 2. The molecule has 114 valence electrons. The Morgan fingerprint density at radius 3 is 2.82 bits per heavy atom. The Morgan fingerprint density at radius 2 is 2.18 bits per heavy atom. The standard InChI is InChI=1S/C16H16N2O3S/c1-11(19)22-9-12-6-16(20)18(8-12)14-4-2-13(3-5-14)15-7-17-10-21-15/h2-5,7,10,12H,6,8-9H2,1H3. The van der Waals surface area contributed by atoms with Crippen LogP contribution in [0.15, 0.2) is 41.3 Å². The summed E-state index contributed by atoms with van der Waals surface area (Å²) >= 11 is 1.29. The van der Waals surface area contributed by atoms with Crippen LogP contribution in [0.4, 0.5) is 5.69 Å². The average molecular weight is 316 g/mol. The SMILES string of the molecule is CC(=O)SCC1CC(=O)N(c2ccc(-c3cnco3)cc2)C1. The Balaban J connectivity index is 1.69. The minimum Gasteiger partial charge on any atom is -0.444 e. The topological polar surface area (TPSA) is 63.4 Å². The molecule has 22 heavy (non-hydrogen) atoms. The summed E-state index contributed by atoms with van der Waals surface area (Å²) < 4.78 is 5.25. The average Bonchev–Trinajstić information content (AvgIpc) is 3.15. The fourth-order valence-electron chi connectivity index (χ4n) is 2.54. The Bertz CT molecular complexity index is 667. The highest BCUT2D eigenvalue weighted by atomic mass is 32.2. The van der Waals surface area contributed by atoms with Crippen molar-refractivity contribution in [1.29, 1.82) is 0 Å². The zero-order valence-corrected chi connectivity index (χ0v) is 13.0. The molecule has 0 radical (unpaired) electrons. The molecule has 1 atom stereocenters. The van der Waals surface area contributed by atoms with Gasteiger partial charge in [0.05, 0.1) is 6.20 Å². The summed E-state index contributed by atoms with van der Waals surface area (Å²) in [6, 6.07) is 7.66. The molecule has 3 rings (SSSR count). The van der Waals surface area contributed by atoms with Gasteiger partial charge in [-0.3, -0.25) is 9.59 Å². The second-order valence-electron chi connectivity index (χ2n) is 5.29. The summed E-state index contributed by atoms with van der Waals surface area (Å²) in [5, 5.41) is 0.0994. The molecule has 2 heterocycles. The summed E-state index contributed by atoms with van der Waals surface area (Å²) in [7, 11) is 0. The molecular formula is C16H16N2O3S. The predicted molar refractivity (Wildman–Crippen MR) is 85.5 cm³/mol. The van der Waals surface area contributed by atoms with Crippen molar-refractivity contribution in [1.82, 2.24) is 4.98 Å². The van der Waals surface area contributed by atoms with Crippen LogP contribution in [0.25, 0.3) is 11.3 Å². The van der Waals surface area contributed by atoms with Gasteiger partial charge in [0, 0.05) is 36.9 Å². The molecule has 1 aromatic carbocycles. The van der Waals surface area contributed by atoms with Crippen molar-refractivity contribution in [3.05, 3.63) is 36.9 Å². The smallest absolute Gasteiger partial charge is 0.227 e. The van der Waals surface area contributed by atoms with Gasteiger partial charge in [-0.25, -0.2) is 4.98 Å². The minimum absolute atomic E-state index is 0.0994. The molecule has 0 N–H and O–H groups in total. The molecule has 1 aliphatic rings. The van der Waals surface area contributed by atoms with Crippen LogP contribution >= 0.6 is 11.8 Å². The number of anilines is 1. The number of benzene rings is 1. The van der Waals surface area contributed by atoms with E-state index in [4.69, 9.17) is 4.42 Å². The molecule has 1 fully saturated rings. The van der Waals surface area contributed by atoms with Crippen LogP contribution in [-0.2, 0) is 9.59 Å². The molecule has 0 bridgehead atoms. The van der Waals surface area contributed by atoms with E-state index in [1.807, 2.05) is 24.3 Å². The minimum atomic E-state index is 0.0994. The maximum atomic E-state index is 12.1. The highest BCUT2D eigenvalue weighted by molar-refractivity contribution is 8.13. The summed E-state index contributed by atoms with van der Waals surface area (Å²) in [5.74, 6) is 1.75. The molecule has 0 saturated carbocycles. The maximum Gasteiger partial charge on any atom is 0.227 e. The zero-order valence-electron chi connectivity index (χ0n) is 12.2. The Labute approximate surface area is 132 Å². The molecule has 0 aliphatic carbocycles. The number of rotatable bonds is 4. The van der Waals surface area contributed by atoms with Crippen LogP contribution in [0.5, 0.6) is 0 Å². The molecular weight excluding hydrogens is 300 g/mol. The molecule has 5 nitrogen and oxygen atoms in total. The Morgan fingerprint density at radius 1 is 1.41 bits per heavy atom. The first-order chi connectivity index (χ1) is 10.6. The third-order valence-electron chi connectivity index (χ3n) is 3.62. The van der Waals surface area contributed by atoms with Crippen molar-refractivity contribution in [2.24, 2.45) is 5.92 Å². The number of thioether (sulfide) groups is 1. The van der Waals surface area contributed by atoms with Gasteiger partial charge in [-0.2, -0.15) is 0 Å². The van der Waals surface area contributed by atoms with E-state index in [9.17, 15) is 9.59 Å². The van der Waals surface area contributed by atoms with Gasteiger partial charge in [-0.1, -0.05) is 11.8 Å². The van der Waals surface area contributed by atoms with E-state index in [2.05, 4.69) is 4.98 Å². The number of aromatic nitrogens is 1. The molecule has 1 aromatic heterocycles. The molecule has 6 heteroatoms. The predicted octanol–water partition coefficient (Wildman–Crippen LogP) is 2.97. The first-order valence-electron chi connectivity index (χ1n) is 7.06. The largest absolute Gasteiger partial charge is 0.444 e. The first kappa shape index (κ1) is 14.8. The number of amides is 1. The van der Waals surface area contributed by atoms with Gasteiger partial charge < -0.3 is 9.32 Å². The maximum absolute atomic E-state index is 12.1. The monoisotopic (exact) mass is 316 g/mol. The van der Waals surface area contributed by atoms with Crippen molar-refractivity contribution >= 4 is 28.5 Å². The highest BCUT2D eigenvalue weighted by Crippen LogP contribution is 2.29. The van der Waals surface area contributed by atoms with E-state index >= 15 is 0 Å². The van der Waals surface area contributed by atoms with Crippen LogP contribution in [0.3, 0.4) is 0 Å². The second kappa shape index (κ2) is 6.36. The Kier molecular flexibility index (Phi) is 4.29. The molecule has 1 unspecified atom stereocenters. The van der Waals surface area contributed by atoms with E-state index in [-0.39, 0.29) is 16.9 Å². The number of carbonyl (C=O) groups excluding carboxylic acids is 2. The van der Waals surface area contributed by atoms with Gasteiger partial charge in [0.25, 0.3) is 0 Å². The van der Waals surface area contributed by atoms with Crippen molar-refractivity contribution in [2.45, 2.75) is 13.3 Å². The van der Waals surface area contributed by atoms with Crippen molar-refractivity contribution < 1.29 is 14.0 Å². The summed E-state index contributed by atoms with van der Waals surface area (Å²) in [6.07, 6.45) is 3.56. The molecule has 1 amide bonds. The van der Waals surface area contributed by atoms with Gasteiger partial charge in [-0.05, 0) is 30.2 Å². The first-order valence-corrected chi connectivity index (χ1v) is 8.04. The number of hydrogen-bond acceptors (Lipinski definition) is 5. The van der Waals surface area contributed by atoms with E-state index in [1.54, 1.807) is 18.0 Å². The van der Waals surface area contributed by atoms with Crippen LogP contribution in [0.2, 0.25) is 0 Å². The quantitative estimate of drug-likeness (QED) is 0.867. The van der Waals surface area contributed by atoms with Gasteiger partial charge >= 0.3 is 0 Å². The molecule has 1 aliphatic heterocycles. The Hall–Kier alpha value is -2.08. The summed E-state index contributed by atoms with van der Waals surface area (Å²) in [4.78, 5) is 28.9. The molecule has 2 aromatic rings. The summed E-state index contributed by atoms with van der Waals surface area (Å²) in [5.41, 5.74) is 1.81. The molecule has 0 spiro atoms. The van der Waals surface area contributed by atoms with E-state index in [0.717, 1.165) is 11.3 Å². The lowest BCUT2D eigenvalue weighted by Crippen LogP contribution is -2.24. The molecule has 1 saturated heterocycles. The normalized spacial score (nSPS) is 18.0. The fourth-order valence-corrected chi connectivity index (χ4v) is 3.24. The van der Waals surface area contributed by atoms with E-state index in [0.29, 0.717) is 24.5 Å². The third-order valence-corrected chi connectivity index (χ3v) is 4.67. The third kappa shape index (κ3) is 3.22. The van der Waals surface area contributed by atoms with Crippen molar-refractivity contribution in [2.75, 3.05) is 17.2 Å². The lowest BCUT2D eigenvalue weighted by atomic mass is 10.1. The zero-order chi connectivity index (χ0) is 15.5. The van der Waals surface area contributed by atoms with Crippen molar-refractivity contribution in [3.63, 3.8) is 0 Å². The summed E-state index contributed by atoms with van der Waals surface area (Å²) in [6.45, 7) is 2.22. The van der Waals surface area contributed by atoms with Gasteiger partial charge in [0.15, 0.2) is 17.3 Å². The van der Waals surface area contributed by atoms with Gasteiger partial charge in [-0.15, -0.1) is 0 Å². The van der Waals surface area contributed by atoms with E-state index in [1.165, 1.54) is 18.2 Å². The van der Waals surface area contributed by atoms with Gasteiger partial charge in [0.1, 0.15) is 0 Å². The number of hydrogen-bond donors (Lipinski definition) is 0. The highest BCUT2D eigenvalue weighted by Gasteiger charge is 2.30. The second-order valence-corrected chi connectivity index (χ2v) is 6.49. The van der Waals surface area contributed by atoms with Crippen LogP contribution in [0, 0.1) is 5.92 Å². The number of carbonyl (C=O) groups is 2. The fraction of sp³-hybridized carbons (Fsp3) is 0.312. The lowest BCUT2D eigenvalue weighted by Gasteiger charge is -2.17. The van der Waals surface area contributed by atoms with Crippen LogP contribution < -0.4 is 4.90 Å².